The van der Waals surface area contributed by atoms with Crippen LogP contribution in [-0.4, -0.2) is 84.9 Å². The first-order valence-electron chi connectivity index (χ1n) is 16.6. The van der Waals surface area contributed by atoms with Crippen molar-refractivity contribution >= 4 is 17.5 Å². The van der Waals surface area contributed by atoms with E-state index in [4.69, 9.17) is 9.47 Å². The van der Waals surface area contributed by atoms with Gasteiger partial charge >= 0.3 is 0 Å². The Kier molecular flexibility index (Phi) is 13.1. The van der Waals surface area contributed by atoms with Crippen molar-refractivity contribution in [1.29, 1.82) is 0 Å². The van der Waals surface area contributed by atoms with Crippen molar-refractivity contribution in [1.82, 2.24) is 9.80 Å². The molecule has 1 aliphatic heterocycles. The lowest BCUT2D eigenvalue weighted by molar-refractivity contribution is -0.0190. The van der Waals surface area contributed by atoms with Crippen LogP contribution in [0.4, 0.5) is 5.69 Å². The molecule has 2 aromatic carbocycles. The van der Waals surface area contributed by atoms with Crippen molar-refractivity contribution < 1.29 is 24.2 Å². The van der Waals surface area contributed by atoms with E-state index in [0.717, 1.165) is 38.3 Å². The van der Waals surface area contributed by atoms with Crippen LogP contribution < -0.4 is 10.1 Å². The normalized spacial score (nSPS) is 23.4. The molecular formula is C36H53N3O5. The van der Waals surface area contributed by atoms with E-state index in [1.165, 1.54) is 32.1 Å². The van der Waals surface area contributed by atoms with Crippen molar-refractivity contribution in [3.05, 3.63) is 59.7 Å². The van der Waals surface area contributed by atoms with Gasteiger partial charge in [-0.15, -0.1) is 0 Å². The summed E-state index contributed by atoms with van der Waals surface area (Å²) in [6, 6.07) is 13.8. The molecule has 0 bridgehead atoms. The van der Waals surface area contributed by atoms with E-state index in [9.17, 15) is 14.7 Å². The number of amides is 2. The van der Waals surface area contributed by atoms with Crippen LogP contribution in [0.25, 0.3) is 0 Å². The first kappa shape index (κ1) is 33.9. The molecule has 44 heavy (non-hydrogen) atoms. The van der Waals surface area contributed by atoms with Crippen LogP contribution in [-0.2, 0) is 4.74 Å². The number of ether oxygens (including phenoxy) is 2. The molecule has 8 nitrogen and oxygen atoms in total. The SMILES string of the molecule is C[C@@H]1CCCCO[C@H](CN(C)CC2CCCCC2)[C@H](C)CN([C@H](C)CO)C(=O)c2cc(NC(=O)c3ccccc3)ccc2O1. The Morgan fingerprint density at radius 3 is 2.48 bits per heavy atom. The number of hydrogen-bond acceptors (Lipinski definition) is 6. The van der Waals surface area contributed by atoms with Gasteiger partial charge in [-0.1, -0.05) is 44.4 Å². The van der Waals surface area contributed by atoms with E-state index in [1.807, 2.05) is 32.0 Å². The Bertz CT molecular complexity index is 1190. The van der Waals surface area contributed by atoms with Gasteiger partial charge in [0.2, 0.25) is 0 Å². The highest BCUT2D eigenvalue weighted by Gasteiger charge is 2.31. The lowest BCUT2D eigenvalue weighted by atomic mass is 9.89. The van der Waals surface area contributed by atoms with Gasteiger partial charge in [0.1, 0.15) is 5.75 Å². The predicted molar refractivity (Wildman–Crippen MR) is 175 cm³/mol. The fourth-order valence-corrected chi connectivity index (χ4v) is 6.45. The number of rotatable bonds is 8. The number of nitrogens with zero attached hydrogens (tertiary/aromatic N) is 2. The molecule has 2 amide bonds. The zero-order chi connectivity index (χ0) is 31.5. The number of fused-ring (bicyclic) bond motifs is 1. The van der Waals surface area contributed by atoms with Crippen LogP contribution in [0, 0.1) is 11.8 Å². The monoisotopic (exact) mass is 607 g/mol. The number of carbonyl (C=O) groups is 2. The molecule has 0 aromatic heterocycles. The van der Waals surface area contributed by atoms with Crippen LogP contribution in [0.15, 0.2) is 48.5 Å². The molecule has 8 heteroatoms. The smallest absolute Gasteiger partial charge is 0.258 e. The second-order valence-corrected chi connectivity index (χ2v) is 13.1. The molecule has 2 aliphatic rings. The van der Waals surface area contributed by atoms with E-state index in [0.29, 0.717) is 35.7 Å². The zero-order valence-electron chi connectivity index (χ0n) is 27.2. The van der Waals surface area contributed by atoms with Gasteiger partial charge < -0.3 is 29.7 Å². The summed E-state index contributed by atoms with van der Waals surface area (Å²) in [7, 11) is 2.19. The van der Waals surface area contributed by atoms with Crippen molar-refractivity contribution in [3.63, 3.8) is 0 Å². The van der Waals surface area contributed by atoms with E-state index in [2.05, 4.69) is 24.2 Å². The Morgan fingerprint density at radius 2 is 1.75 bits per heavy atom. The minimum Gasteiger partial charge on any atom is -0.490 e. The lowest BCUT2D eigenvalue weighted by Gasteiger charge is -2.36. The minimum absolute atomic E-state index is 0.0361. The molecule has 0 saturated heterocycles. The van der Waals surface area contributed by atoms with Gasteiger partial charge in [0.25, 0.3) is 11.8 Å². The lowest BCUT2D eigenvalue weighted by Crippen LogP contribution is -2.47. The predicted octanol–water partition coefficient (Wildman–Crippen LogP) is 6.25. The minimum atomic E-state index is -0.411. The fourth-order valence-electron chi connectivity index (χ4n) is 6.45. The van der Waals surface area contributed by atoms with Crippen LogP contribution in [0.5, 0.6) is 5.75 Å². The van der Waals surface area contributed by atoms with Gasteiger partial charge in [0.15, 0.2) is 0 Å². The maximum Gasteiger partial charge on any atom is 0.258 e. The zero-order valence-corrected chi connectivity index (χ0v) is 27.2. The number of anilines is 1. The number of likely N-dealkylation sites (N-methyl/N-ethyl adjacent to an activating group) is 1. The van der Waals surface area contributed by atoms with Crippen LogP contribution >= 0.6 is 0 Å². The average Bonchev–Trinajstić information content (AvgIpc) is 3.03. The number of carbonyl (C=O) groups excluding carboxylic acids is 2. The molecule has 1 aliphatic carbocycles. The summed E-state index contributed by atoms with van der Waals surface area (Å²) in [6.45, 7) is 8.84. The Labute approximate surface area is 264 Å². The Morgan fingerprint density at radius 1 is 1.02 bits per heavy atom. The molecule has 1 saturated carbocycles. The highest BCUT2D eigenvalue weighted by molar-refractivity contribution is 6.05. The molecule has 4 atom stereocenters. The number of aliphatic hydroxyl groups is 1. The van der Waals surface area contributed by atoms with Crippen LogP contribution in [0.3, 0.4) is 0 Å². The Hall–Kier alpha value is -2.94. The second-order valence-electron chi connectivity index (χ2n) is 13.1. The number of benzene rings is 2. The first-order chi connectivity index (χ1) is 21.2. The van der Waals surface area contributed by atoms with Crippen LogP contribution in [0.2, 0.25) is 0 Å². The van der Waals surface area contributed by atoms with Gasteiger partial charge in [-0.2, -0.15) is 0 Å². The van der Waals surface area contributed by atoms with Gasteiger partial charge in [0, 0.05) is 43.4 Å². The summed E-state index contributed by atoms with van der Waals surface area (Å²) in [5, 5.41) is 13.2. The highest BCUT2D eigenvalue weighted by Crippen LogP contribution is 2.29. The van der Waals surface area contributed by atoms with E-state index < -0.39 is 6.04 Å². The number of nitrogens with one attached hydrogen (secondary N) is 1. The number of aliphatic hydroxyl groups excluding tert-OH is 1. The summed E-state index contributed by atoms with van der Waals surface area (Å²) in [5.41, 5.74) is 1.42. The third kappa shape index (κ3) is 9.78. The highest BCUT2D eigenvalue weighted by atomic mass is 16.5. The summed E-state index contributed by atoms with van der Waals surface area (Å²) in [6.07, 6.45) is 9.19. The maximum atomic E-state index is 14.3. The van der Waals surface area contributed by atoms with Gasteiger partial charge in [0.05, 0.1) is 30.4 Å². The third-order valence-electron chi connectivity index (χ3n) is 9.13. The third-order valence-corrected chi connectivity index (χ3v) is 9.13. The van der Waals surface area contributed by atoms with Gasteiger partial charge in [-0.3, -0.25) is 9.59 Å². The van der Waals surface area contributed by atoms with Crippen molar-refractivity contribution in [2.75, 3.05) is 45.2 Å². The summed E-state index contributed by atoms with van der Waals surface area (Å²) >= 11 is 0. The largest absolute Gasteiger partial charge is 0.490 e. The molecule has 242 valence electrons. The van der Waals surface area contributed by atoms with Crippen molar-refractivity contribution in [2.24, 2.45) is 11.8 Å². The molecule has 1 fully saturated rings. The van der Waals surface area contributed by atoms with Crippen molar-refractivity contribution in [3.8, 4) is 5.75 Å². The molecule has 2 aromatic rings. The molecule has 4 rings (SSSR count). The first-order valence-corrected chi connectivity index (χ1v) is 16.6. The average molecular weight is 608 g/mol. The standard InChI is InChI=1S/C36H53N3O5/c1-26-22-39(27(2)25-40)36(42)32-21-31(37-35(41)30-16-9-6-10-17-30)18-19-33(32)44-28(3)13-11-12-20-43-34(26)24-38(4)23-29-14-7-5-8-15-29/h6,9-10,16-19,21,26-29,34,40H,5,7-8,11-15,20,22-25H2,1-4H3,(H,37,41)/t26-,27-,28-,34-/m1/s1. The van der Waals surface area contributed by atoms with E-state index in [1.54, 1.807) is 35.2 Å². The van der Waals surface area contributed by atoms with Crippen LogP contribution in [0.1, 0.15) is 92.9 Å². The van der Waals surface area contributed by atoms with E-state index >= 15 is 0 Å². The topological polar surface area (TPSA) is 91.3 Å². The molecule has 2 N–H and O–H groups in total. The molecular weight excluding hydrogens is 554 g/mol. The molecule has 0 unspecified atom stereocenters. The van der Waals surface area contributed by atoms with Gasteiger partial charge in [-0.05, 0) is 89.2 Å². The molecule has 0 spiro atoms. The fraction of sp³-hybridized carbons (Fsp3) is 0.611. The van der Waals surface area contributed by atoms with E-state index in [-0.39, 0.29) is 36.5 Å². The number of hydrogen-bond donors (Lipinski definition) is 2. The summed E-state index contributed by atoms with van der Waals surface area (Å²) in [4.78, 5) is 31.4. The van der Waals surface area contributed by atoms with Gasteiger partial charge in [-0.25, -0.2) is 0 Å². The molecule has 1 heterocycles. The summed E-state index contributed by atoms with van der Waals surface area (Å²) < 4.78 is 12.9. The molecule has 0 radical (unpaired) electrons. The summed E-state index contributed by atoms with van der Waals surface area (Å²) in [5.74, 6) is 0.779. The second kappa shape index (κ2) is 16.9. The maximum absolute atomic E-state index is 14.3. The quantitative estimate of drug-likeness (QED) is 0.369. The Balaban J connectivity index is 1.59. The van der Waals surface area contributed by atoms with Crippen molar-refractivity contribution in [2.45, 2.75) is 90.4 Å².